The highest BCUT2D eigenvalue weighted by Crippen LogP contribution is 2.18. The van der Waals surface area contributed by atoms with E-state index in [9.17, 15) is 4.79 Å². The van der Waals surface area contributed by atoms with Crippen molar-refractivity contribution in [2.24, 2.45) is 0 Å². The molecule has 0 saturated carbocycles. The number of aromatic nitrogens is 2. The summed E-state index contributed by atoms with van der Waals surface area (Å²) < 4.78 is 5.13. The van der Waals surface area contributed by atoms with Crippen LogP contribution in [0.4, 0.5) is 5.95 Å². The van der Waals surface area contributed by atoms with Crippen LogP contribution in [-0.4, -0.2) is 70.4 Å². The summed E-state index contributed by atoms with van der Waals surface area (Å²) in [7, 11) is 0. The monoisotopic (exact) mass is 350 g/mol. The molecule has 132 valence electrons. The normalized spacial score (nSPS) is 22.9. The number of hydrogen-bond donors (Lipinski definition) is 1. The van der Waals surface area contributed by atoms with Crippen LogP contribution in [0.1, 0.15) is 26.2 Å². The molecule has 1 atom stereocenters. The fraction of sp³-hybridized carbons (Fsp3) is 0.688. The maximum atomic E-state index is 11.9. The maximum absolute atomic E-state index is 11.9. The lowest BCUT2D eigenvalue weighted by Gasteiger charge is -2.34. The number of hydrogen-bond acceptors (Lipinski definition) is 7. The Kier molecular flexibility index (Phi) is 6.28. The fourth-order valence-corrected chi connectivity index (χ4v) is 3.78. The Morgan fingerprint density at radius 3 is 2.58 bits per heavy atom. The topological polar surface area (TPSA) is 64.6 Å². The van der Waals surface area contributed by atoms with E-state index in [4.69, 9.17) is 0 Å². The molecule has 8 heteroatoms. The molecule has 0 bridgehead atoms. The minimum absolute atomic E-state index is 0.253. The third kappa shape index (κ3) is 4.81. The molecule has 3 heterocycles. The minimum atomic E-state index is 0.253. The number of rotatable bonds is 6. The molecule has 0 spiro atoms. The van der Waals surface area contributed by atoms with E-state index in [1.165, 1.54) is 12.1 Å². The zero-order chi connectivity index (χ0) is 16.8. The summed E-state index contributed by atoms with van der Waals surface area (Å²) in [6.45, 7) is 8.03. The Bertz CT molecular complexity index is 523. The van der Waals surface area contributed by atoms with Crippen molar-refractivity contribution in [1.82, 2.24) is 23.9 Å². The van der Waals surface area contributed by atoms with Gasteiger partial charge in [-0.2, -0.15) is 0 Å². The van der Waals surface area contributed by atoms with Gasteiger partial charge in [0.2, 0.25) is 11.9 Å². The Balaban J connectivity index is 1.31. The van der Waals surface area contributed by atoms with Gasteiger partial charge < -0.3 is 4.90 Å². The SMILES string of the molecule is CC1CC(=O)N(CCCCN2CCN(c3ncccn3)CC2)SN1. The molecule has 0 aromatic carbocycles. The molecule has 3 rings (SSSR count). The first-order valence-corrected chi connectivity index (χ1v) is 9.47. The average molecular weight is 350 g/mol. The summed E-state index contributed by atoms with van der Waals surface area (Å²) in [6, 6.07) is 2.13. The van der Waals surface area contributed by atoms with Crippen molar-refractivity contribution in [3.05, 3.63) is 18.5 Å². The lowest BCUT2D eigenvalue weighted by Crippen LogP contribution is -2.47. The minimum Gasteiger partial charge on any atom is -0.338 e. The molecule has 0 aliphatic carbocycles. The van der Waals surface area contributed by atoms with Crippen LogP contribution in [0.2, 0.25) is 0 Å². The highest BCUT2D eigenvalue weighted by molar-refractivity contribution is 7.95. The largest absolute Gasteiger partial charge is 0.338 e. The predicted molar refractivity (Wildman–Crippen MR) is 96.4 cm³/mol. The molecule has 1 N–H and O–H groups in total. The van der Waals surface area contributed by atoms with Gasteiger partial charge in [-0.1, -0.05) is 0 Å². The molecule has 1 aromatic heterocycles. The molecule has 7 nitrogen and oxygen atoms in total. The lowest BCUT2D eigenvalue weighted by molar-refractivity contribution is -0.127. The Labute approximate surface area is 148 Å². The molecule has 0 radical (unpaired) electrons. The van der Waals surface area contributed by atoms with Gasteiger partial charge in [0.25, 0.3) is 0 Å². The van der Waals surface area contributed by atoms with Crippen molar-refractivity contribution in [1.29, 1.82) is 0 Å². The number of carbonyl (C=O) groups excluding carboxylic acids is 1. The van der Waals surface area contributed by atoms with Crippen LogP contribution >= 0.6 is 12.1 Å². The van der Waals surface area contributed by atoms with Gasteiger partial charge in [-0.25, -0.2) is 14.7 Å². The number of carbonyl (C=O) groups is 1. The van der Waals surface area contributed by atoms with E-state index >= 15 is 0 Å². The van der Waals surface area contributed by atoms with Gasteiger partial charge in [-0.05, 0) is 32.4 Å². The number of nitrogens with zero attached hydrogens (tertiary/aromatic N) is 5. The Morgan fingerprint density at radius 1 is 1.17 bits per heavy atom. The van der Waals surface area contributed by atoms with Gasteiger partial charge in [-0.15, -0.1) is 0 Å². The fourth-order valence-electron chi connectivity index (χ4n) is 3.00. The van der Waals surface area contributed by atoms with Crippen molar-refractivity contribution < 1.29 is 4.79 Å². The van der Waals surface area contributed by atoms with E-state index in [0.717, 1.165) is 58.1 Å². The first-order valence-electron chi connectivity index (χ1n) is 8.69. The van der Waals surface area contributed by atoms with Crippen molar-refractivity contribution in [2.45, 2.75) is 32.2 Å². The van der Waals surface area contributed by atoms with Crippen LogP contribution < -0.4 is 9.62 Å². The Morgan fingerprint density at radius 2 is 1.88 bits per heavy atom. The molecule has 2 saturated heterocycles. The molecule has 2 aliphatic heterocycles. The van der Waals surface area contributed by atoms with E-state index in [1.54, 1.807) is 12.4 Å². The summed E-state index contributed by atoms with van der Waals surface area (Å²) >= 11 is 1.46. The molecular formula is C16H26N6OS. The number of nitrogens with one attached hydrogen (secondary N) is 1. The second kappa shape index (κ2) is 8.64. The zero-order valence-electron chi connectivity index (χ0n) is 14.2. The summed E-state index contributed by atoms with van der Waals surface area (Å²) in [5.74, 6) is 1.09. The average Bonchev–Trinajstić information content (AvgIpc) is 2.61. The zero-order valence-corrected chi connectivity index (χ0v) is 15.0. The van der Waals surface area contributed by atoms with E-state index in [2.05, 4.69) is 24.5 Å². The molecule has 1 aromatic rings. The molecular weight excluding hydrogens is 324 g/mol. The molecule has 1 amide bonds. The molecule has 1 unspecified atom stereocenters. The Hall–Kier alpha value is -1.38. The third-order valence-corrected chi connectivity index (χ3v) is 5.53. The molecule has 2 fully saturated rings. The van der Waals surface area contributed by atoms with Crippen LogP contribution in [0.15, 0.2) is 18.5 Å². The maximum Gasteiger partial charge on any atom is 0.234 e. The van der Waals surface area contributed by atoms with E-state index < -0.39 is 0 Å². The van der Waals surface area contributed by atoms with Gasteiger partial charge in [0.15, 0.2) is 0 Å². The highest BCUT2D eigenvalue weighted by Gasteiger charge is 2.23. The van der Waals surface area contributed by atoms with E-state index in [-0.39, 0.29) is 11.9 Å². The van der Waals surface area contributed by atoms with Gasteiger partial charge >= 0.3 is 0 Å². The van der Waals surface area contributed by atoms with Crippen molar-refractivity contribution >= 4 is 24.0 Å². The number of anilines is 1. The highest BCUT2D eigenvalue weighted by atomic mass is 32.2. The van der Waals surface area contributed by atoms with Gasteiger partial charge in [0.1, 0.15) is 0 Å². The van der Waals surface area contributed by atoms with Crippen LogP contribution in [0.25, 0.3) is 0 Å². The first kappa shape index (κ1) is 17.4. The summed E-state index contributed by atoms with van der Waals surface area (Å²) in [4.78, 5) is 25.3. The van der Waals surface area contributed by atoms with Crippen LogP contribution in [0, 0.1) is 0 Å². The van der Waals surface area contributed by atoms with E-state index in [1.807, 2.05) is 17.3 Å². The summed E-state index contributed by atoms with van der Waals surface area (Å²) in [5, 5.41) is 0. The van der Waals surface area contributed by atoms with Crippen LogP contribution in [0.3, 0.4) is 0 Å². The smallest absolute Gasteiger partial charge is 0.234 e. The molecule has 2 aliphatic rings. The third-order valence-electron chi connectivity index (χ3n) is 4.42. The summed E-state index contributed by atoms with van der Waals surface area (Å²) in [5.41, 5.74) is 0. The van der Waals surface area contributed by atoms with E-state index in [0.29, 0.717) is 6.42 Å². The van der Waals surface area contributed by atoms with Gasteiger partial charge in [-0.3, -0.25) is 14.0 Å². The lowest BCUT2D eigenvalue weighted by atomic mass is 10.2. The molecule has 24 heavy (non-hydrogen) atoms. The first-order chi connectivity index (χ1) is 11.7. The quantitative estimate of drug-likeness (QED) is 0.610. The standard InChI is InChI=1S/C16H26N6OS/c1-14-13-15(23)22(24-19-14)8-3-2-7-20-9-11-21(12-10-20)16-17-5-4-6-18-16/h4-6,14,19H,2-3,7-13H2,1H3. The van der Waals surface area contributed by atoms with Crippen molar-refractivity contribution in [3.63, 3.8) is 0 Å². The second-order valence-electron chi connectivity index (χ2n) is 6.39. The van der Waals surface area contributed by atoms with Crippen LogP contribution in [-0.2, 0) is 4.79 Å². The van der Waals surface area contributed by atoms with Gasteiger partial charge in [0, 0.05) is 69.7 Å². The summed E-state index contributed by atoms with van der Waals surface area (Å²) in [6.07, 6.45) is 6.38. The van der Waals surface area contributed by atoms with Crippen LogP contribution in [0.5, 0.6) is 0 Å². The van der Waals surface area contributed by atoms with Crippen molar-refractivity contribution in [2.75, 3.05) is 44.2 Å². The number of piperazine rings is 1. The number of amides is 1. The second-order valence-corrected chi connectivity index (χ2v) is 7.25. The van der Waals surface area contributed by atoms with Gasteiger partial charge in [0.05, 0.1) is 0 Å². The predicted octanol–water partition coefficient (Wildman–Crippen LogP) is 1.15. The van der Waals surface area contributed by atoms with Crippen molar-refractivity contribution in [3.8, 4) is 0 Å². The number of unbranched alkanes of at least 4 members (excludes halogenated alkanes) is 1.